The molecule has 1 aromatic carbocycles. The molecule has 2 rings (SSSR count). The predicted molar refractivity (Wildman–Crippen MR) is 85.3 cm³/mol. The fourth-order valence-corrected chi connectivity index (χ4v) is 2.45. The maximum absolute atomic E-state index is 12.1. The van der Waals surface area contributed by atoms with E-state index >= 15 is 0 Å². The highest BCUT2D eigenvalue weighted by atomic mass is 16.5. The van der Waals surface area contributed by atoms with Gasteiger partial charge in [0.2, 0.25) is 11.8 Å². The number of hydrogen-bond donors (Lipinski definition) is 2. The summed E-state index contributed by atoms with van der Waals surface area (Å²) < 4.78 is 5.32. The van der Waals surface area contributed by atoms with Crippen LogP contribution in [0.15, 0.2) is 24.3 Å². The van der Waals surface area contributed by atoms with E-state index in [0.29, 0.717) is 30.9 Å². The van der Waals surface area contributed by atoms with Crippen molar-refractivity contribution in [3.8, 4) is 5.75 Å². The Morgan fingerprint density at radius 2 is 2.00 bits per heavy atom. The molecule has 0 aliphatic carbocycles. The number of amides is 2. The van der Waals surface area contributed by atoms with E-state index in [1.807, 2.05) is 6.92 Å². The summed E-state index contributed by atoms with van der Waals surface area (Å²) in [6.45, 7) is 3.12. The van der Waals surface area contributed by atoms with Gasteiger partial charge in [-0.25, -0.2) is 0 Å². The molecule has 0 bridgehead atoms. The van der Waals surface area contributed by atoms with Gasteiger partial charge in [0.1, 0.15) is 11.8 Å². The molecule has 1 heterocycles. The van der Waals surface area contributed by atoms with Gasteiger partial charge in [-0.3, -0.25) is 14.4 Å². The summed E-state index contributed by atoms with van der Waals surface area (Å²) in [6.07, 6.45) is 1.69. The zero-order valence-corrected chi connectivity index (χ0v) is 13.3. The molecule has 23 heavy (non-hydrogen) atoms. The lowest BCUT2D eigenvalue weighted by Crippen LogP contribution is -2.50. The molecule has 0 radical (unpaired) electrons. The summed E-state index contributed by atoms with van der Waals surface area (Å²) in [5.74, 6) is 0.190. The molecule has 1 aliphatic heterocycles. The van der Waals surface area contributed by atoms with Crippen LogP contribution in [0.25, 0.3) is 0 Å². The Balaban J connectivity index is 1.79. The summed E-state index contributed by atoms with van der Waals surface area (Å²) >= 11 is 0. The van der Waals surface area contributed by atoms with Crippen molar-refractivity contribution in [2.45, 2.75) is 38.6 Å². The molecule has 1 atom stereocenters. The van der Waals surface area contributed by atoms with Crippen LogP contribution in [0.3, 0.4) is 0 Å². The highest BCUT2D eigenvalue weighted by molar-refractivity contribution is 5.98. The van der Waals surface area contributed by atoms with E-state index in [4.69, 9.17) is 4.74 Å². The maximum atomic E-state index is 12.1. The number of nitrogens with one attached hydrogen (secondary N) is 2. The normalized spacial score (nSPS) is 17.3. The summed E-state index contributed by atoms with van der Waals surface area (Å²) in [5, 5.41) is 5.39. The van der Waals surface area contributed by atoms with E-state index in [0.717, 1.165) is 6.42 Å². The first-order chi connectivity index (χ1) is 11.1. The van der Waals surface area contributed by atoms with Crippen molar-refractivity contribution < 1.29 is 19.1 Å². The van der Waals surface area contributed by atoms with Crippen molar-refractivity contribution in [3.05, 3.63) is 29.8 Å². The summed E-state index contributed by atoms with van der Waals surface area (Å²) in [6, 6.07) is 6.39. The first-order valence-corrected chi connectivity index (χ1v) is 7.93. The van der Waals surface area contributed by atoms with Crippen LogP contribution in [0.1, 0.15) is 43.0 Å². The molecule has 0 saturated carbocycles. The van der Waals surface area contributed by atoms with Crippen molar-refractivity contribution >= 4 is 17.6 Å². The van der Waals surface area contributed by atoms with E-state index in [1.165, 1.54) is 0 Å². The molecule has 0 aromatic heterocycles. The smallest absolute Gasteiger partial charge is 0.242 e. The monoisotopic (exact) mass is 318 g/mol. The van der Waals surface area contributed by atoms with E-state index in [9.17, 15) is 14.4 Å². The second-order valence-corrected chi connectivity index (χ2v) is 5.43. The third-order valence-corrected chi connectivity index (χ3v) is 3.69. The molecule has 1 unspecified atom stereocenters. The molecular formula is C17H22N2O4. The van der Waals surface area contributed by atoms with Gasteiger partial charge in [-0.15, -0.1) is 0 Å². The number of rotatable bonds is 7. The maximum Gasteiger partial charge on any atom is 0.242 e. The molecular weight excluding hydrogens is 296 g/mol. The van der Waals surface area contributed by atoms with Crippen LogP contribution in [0.2, 0.25) is 0 Å². The van der Waals surface area contributed by atoms with Crippen molar-refractivity contribution in [1.82, 2.24) is 10.6 Å². The summed E-state index contributed by atoms with van der Waals surface area (Å²) in [7, 11) is 0. The second-order valence-electron chi connectivity index (χ2n) is 5.43. The van der Waals surface area contributed by atoms with E-state index in [1.54, 1.807) is 24.3 Å². The Morgan fingerprint density at radius 1 is 1.26 bits per heavy atom. The first-order valence-electron chi connectivity index (χ1n) is 7.93. The third-order valence-electron chi connectivity index (χ3n) is 3.69. The van der Waals surface area contributed by atoms with Crippen molar-refractivity contribution in [2.75, 3.05) is 13.2 Å². The zero-order valence-electron chi connectivity index (χ0n) is 13.3. The number of ether oxygens (including phenoxy) is 1. The van der Waals surface area contributed by atoms with E-state index in [-0.39, 0.29) is 30.4 Å². The highest BCUT2D eigenvalue weighted by Crippen LogP contribution is 2.14. The Morgan fingerprint density at radius 3 is 2.65 bits per heavy atom. The Labute approximate surface area is 135 Å². The zero-order chi connectivity index (χ0) is 16.7. The molecule has 6 nitrogen and oxygen atoms in total. The second kappa shape index (κ2) is 8.31. The number of benzene rings is 1. The van der Waals surface area contributed by atoms with Crippen molar-refractivity contribution in [2.24, 2.45) is 0 Å². The van der Waals surface area contributed by atoms with Crippen LogP contribution < -0.4 is 15.4 Å². The lowest BCUT2D eigenvalue weighted by molar-refractivity contribution is -0.130. The van der Waals surface area contributed by atoms with Crippen LogP contribution in [0.4, 0.5) is 0 Å². The van der Waals surface area contributed by atoms with Gasteiger partial charge in [-0.05, 0) is 44.0 Å². The lowest BCUT2D eigenvalue weighted by Gasteiger charge is -2.22. The summed E-state index contributed by atoms with van der Waals surface area (Å²) in [4.78, 5) is 35.5. The van der Waals surface area contributed by atoms with Gasteiger partial charge in [0, 0.05) is 24.9 Å². The SMILES string of the molecule is CCOc1ccc(C(=O)CCC(=O)NC2CCCNC2=O)cc1. The molecule has 1 aliphatic rings. The molecule has 124 valence electrons. The van der Waals surface area contributed by atoms with Gasteiger partial charge in [-0.2, -0.15) is 0 Å². The fraction of sp³-hybridized carbons (Fsp3) is 0.471. The largest absolute Gasteiger partial charge is 0.494 e. The highest BCUT2D eigenvalue weighted by Gasteiger charge is 2.23. The minimum Gasteiger partial charge on any atom is -0.494 e. The van der Waals surface area contributed by atoms with Crippen LogP contribution >= 0.6 is 0 Å². The molecule has 1 saturated heterocycles. The molecule has 2 N–H and O–H groups in total. The first kappa shape index (κ1) is 17.0. The molecule has 2 amide bonds. The lowest BCUT2D eigenvalue weighted by atomic mass is 10.0. The Hall–Kier alpha value is -2.37. The Bertz CT molecular complexity index is 568. The Kier molecular flexibility index (Phi) is 6.14. The number of Topliss-reactive ketones (excluding diaryl/α,β-unsaturated/α-hetero) is 1. The van der Waals surface area contributed by atoms with Crippen LogP contribution in [0, 0.1) is 0 Å². The van der Waals surface area contributed by atoms with Gasteiger partial charge in [0.15, 0.2) is 5.78 Å². The average Bonchev–Trinajstić information content (AvgIpc) is 2.56. The number of carbonyl (C=O) groups excluding carboxylic acids is 3. The summed E-state index contributed by atoms with van der Waals surface area (Å²) in [5.41, 5.74) is 0.552. The number of piperidine rings is 1. The molecule has 1 fully saturated rings. The van der Waals surface area contributed by atoms with E-state index in [2.05, 4.69) is 10.6 Å². The fourth-order valence-electron chi connectivity index (χ4n) is 2.45. The van der Waals surface area contributed by atoms with Crippen LogP contribution in [0.5, 0.6) is 5.75 Å². The van der Waals surface area contributed by atoms with Crippen molar-refractivity contribution in [1.29, 1.82) is 0 Å². The minimum absolute atomic E-state index is 0.0792. The molecule has 0 spiro atoms. The number of ketones is 1. The third kappa shape index (κ3) is 5.09. The number of carbonyl (C=O) groups is 3. The van der Waals surface area contributed by atoms with Crippen LogP contribution in [-0.4, -0.2) is 36.8 Å². The van der Waals surface area contributed by atoms with Gasteiger partial charge in [-0.1, -0.05) is 0 Å². The molecule has 6 heteroatoms. The average molecular weight is 318 g/mol. The van der Waals surface area contributed by atoms with Crippen LogP contribution in [-0.2, 0) is 9.59 Å². The topological polar surface area (TPSA) is 84.5 Å². The standard InChI is InChI=1S/C17H22N2O4/c1-2-23-13-7-5-12(6-8-13)15(20)9-10-16(21)19-14-4-3-11-18-17(14)22/h5-8,14H,2-4,9-11H2,1H3,(H,18,22)(H,19,21). The van der Waals surface area contributed by atoms with Crippen molar-refractivity contribution in [3.63, 3.8) is 0 Å². The quantitative estimate of drug-likeness (QED) is 0.745. The van der Waals surface area contributed by atoms with Gasteiger partial charge >= 0.3 is 0 Å². The predicted octanol–water partition coefficient (Wildman–Crippen LogP) is 1.44. The van der Waals surface area contributed by atoms with Gasteiger partial charge in [0.05, 0.1) is 6.61 Å². The van der Waals surface area contributed by atoms with E-state index < -0.39 is 6.04 Å². The number of hydrogen-bond acceptors (Lipinski definition) is 4. The molecule has 1 aromatic rings. The van der Waals surface area contributed by atoms with Gasteiger partial charge in [0.25, 0.3) is 0 Å². The van der Waals surface area contributed by atoms with Gasteiger partial charge < -0.3 is 15.4 Å². The minimum atomic E-state index is -0.475.